The summed E-state index contributed by atoms with van der Waals surface area (Å²) in [5, 5.41) is 3.06. The van der Waals surface area contributed by atoms with Gasteiger partial charge in [0.2, 0.25) is 0 Å². The topological polar surface area (TPSA) is 67.9 Å². The van der Waals surface area contributed by atoms with Gasteiger partial charge in [-0.2, -0.15) is 4.31 Å². The van der Waals surface area contributed by atoms with Crippen molar-refractivity contribution in [2.45, 2.75) is 10.6 Å². The summed E-state index contributed by atoms with van der Waals surface area (Å²) in [7, 11) is 1.51. The van der Waals surface area contributed by atoms with Crippen LogP contribution in [0, 0.1) is 0 Å². The fourth-order valence-corrected chi connectivity index (χ4v) is 4.66. The Hall–Kier alpha value is -0.510. The molecule has 0 aliphatic rings. The molecule has 0 saturated heterocycles. The highest BCUT2D eigenvalue weighted by Gasteiger charge is 2.25. The molecule has 1 N–H and O–H groups in total. The molecule has 0 radical (unpaired) electrons. The molecule has 21 heavy (non-hydrogen) atoms. The van der Waals surface area contributed by atoms with E-state index in [2.05, 4.69) is 5.32 Å². The zero-order valence-electron chi connectivity index (χ0n) is 12.8. The van der Waals surface area contributed by atoms with E-state index in [1.54, 1.807) is 20.3 Å². The Morgan fingerprint density at radius 1 is 1.19 bits per heavy atom. The fourth-order valence-electron chi connectivity index (χ4n) is 1.75. The second-order valence-electron chi connectivity index (χ2n) is 4.46. The Bertz CT molecular complexity index is 494. The lowest BCUT2D eigenvalue weighted by Crippen LogP contribution is -2.36. The van der Waals surface area contributed by atoms with Crippen molar-refractivity contribution in [3.05, 3.63) is 17.0 Å². The van der Waals surface area contributed by atoms with E-state index in [4.69, 9.17) is 9.47 Å². The van der Waals surface area contributed by atoms with Crippen molar-refractivity contribution in [3.8, 4) is 0 Å². The van der Waals surface area contributed by atoms with Gasteiger partial charge in [0.05, 0.1) is 13.2 Å². The van der Waals surface area contributed by atoms with Gasteiger partial charge in [0.1, 0.15) is 4.21 Å². The van der Waals surface area contributed by atoms with E-state index in [0.717, 1.165) is 17.8 Å². The smallest absolute Gasteiger partial charge is 0.252 e. The van der Waals surface area contributed by atoms with Gasteiger partial charge >= 0.3 is 0 Å². The van der Waals surface area contributed by atoms with Crippen LogP contribution in [0.5, 0.6) is 0 Å². The molecule has 0 spiro atoms. The van der Waals surface area contributed by atoms with E-state index < -0.39 is 10.0 Å². The molecule has 0 saturated carbocycles. The summed E-state index contributed by atoms with van der Waals surface area (Å²) in [4.78, 5) is 1.06. The molecule has 1 aromatic rings. The predicted octanol–water partition coefficient (Wildman–Crippen LogP) is 0.794. The van der Waals surface area contributed by atoms with Crippen molar-refractivity contribution < 1.29 is 17.9 Å². The molecule has 0 aliphatic carbocycles. The molecule has 1 aromatic heterocycles. The SMILES string of the molecule is CNCCc1ccc(S(=O)(=O)N(CCOC)CCOC)s1. The van der Waals surface area contributed by atoms with E-state index in [0.29, 0.717) is 30.5 Å². The lowest BCUT2D eigenvalue weighted by Gasteiger charge is -2.20. The van der Waals surface area contributed by atoms with E-state index in [1.807, 2.05) is 13.1 Å². The van der Waals surface area contributed by atoms with E-state index >= 15 is 0 Å². The third-order valence-electron chi connectivity index (χ3n) is 2.94. The lowest BCUT2D eigenvalue weighted by atomic mass is 10.3. The van der Waals surface area contributed by atoms with E-state index in [1.165, 1.54) is 15.6 Å². The number of thiophene rings is 1. The summed E-state index contributed by atoms with van der Waals surface area (Å²) >= 11 is 1.32. The first-order valence-corrected chi connectivity index (χ1v) is 9.03. The maximum atomic E-state index is 12.6. The number of likely N-dealkylation sites (N-methyl/N-ethyl adjacent to an activating group) is 1. The molecule has 0 amide bonds. The van der Waals surface area contributed by atoms with Crippen LogP contribution in [-0.4, -0.2) is 66.8 Å². The van der Waals surface area contributed by atoms with Gasteiger partial charge in [-0.05, 0) is 32.1 Å². The number of methoxy groups -OCH3 is 2. The number of hydrogen-bond donors (Lipinski definition) is 1. The minimum atomic E-state index is -3.48. The van der Waals surface area contributed by atoms with Crippen LogP contribution in [0.4, 0.5) is 0 Å². The van der Waals surface area contributed by atoms with Crippen molar-refractivity contribution in [2.75, 3.05) is 54.1 Å². The molecule has 0 fully saturated rings. The number of ether oxygens (including phenoxy) is 2. The summed E-state index contributed by atoms with van der Waals surface area (Å²) in [5.41, 5.74) is 0. The molecule has 0 bridgehead atoms. The first-order valence-electron chi connectivity index (χ1n) is 6.77. The van der Waals surface area contributed by atoms with Crippen molar-refractivity contribution in [1.29, 1.82) is 0 Å². The summed E-state index contributed by atoms with van der Waals surface area (Å²) in [6.45, 7) is 2.21. The predicted molar refractivity (Wildman–Crippen MR) is 84.5 cm³/mol. The van der Waals surface area contributed by atoms with Gasteiger partial charge in [-0.15, -0.1) is 11.3 Å². The molecule has 0 unspecified atom stereocenters. The second kappa shape index (κ2) is 9.50. The monoisotopic (exact) mass is 336 g/mol. The molecule has 8 heteroatoms. The maximum Gasteiger partial charge on any atom is 0.252 e. The molecule has 1 rings (SSSR count). The summed E-state index contributed by atoms with van der Waals surface area (Å²) in [6, 6.07) is 3.55. The molecular formula is C13H24N2O4S2. The number of hydrogen-bond acceptors (Lipinski definition) is 6. The van der Waals surface area contributed by atoms with Gasteiger partial charge in [-0.25, -0.2) is 8.42 Å². The molecule has 0 aliphatic heterocycles. The first-order chi connectivity index (χ1) is 10.1. The molecule has 0 aromatic carbocycles. The Morgan fingerprint density at radius 3 is 2.33 bits per heavy atom. The Morgan fingerprint density at radius 2 is 1.81 bits per heavy atom. The van der Waals surface area contributed by atoms with Crippen LogP contribution in [0.1, 0.15) is 4.88 Å². The Balaban J connectivity index is 2.85. The minimum Gasteiger partial charge on any atom is -0.383 e. The largest absolute Gasteiger partial charge is 0.383 e. The zero-order chi connectivity index (χ0) is 15.7. The molecule has 0 atom stereocenters. The average molecular weight is 336 g/mol. The minimum absolute atomic E-state index is 0.325. The third-order valence-corrected chi connectivity index (χ3v) is 6.45. The van der Waals surface area contributed by atoms with Crippen LogP contribution in [0.2, 0.25) is 0 Å². The Kier molecular flexibility index (Phi) is 8.38. The van der Waals surface area contributed by atoms with Gasteiger partial charge in [0.25, 0.3) is 10.0 Å². The molecule has 1 heterocycles. The summed E-state index contributed by atoms with van der Waals surface area (Å²) in [5.74, 6) is 0. The van der Waals surface area contributed by atoms with Crippen molar-refractivity contribution in [2.24, 2.45) is 0 Å². The third kappa shape index (κ3) is 5.65. The highest BCUT2D eigenvalue weighted by molar-refractivity contribution is 7.91. The number of nitrogens with one attached hydrogen (secondary N) is 1. The quantitative estimate of drug-likeness (QED) is 0.647. The van der Waals surface area contributed by atoms with Gasteiger partial charge in [0, 0.05) is 32.2 Å². The van der Waals surface area contributed by atoms with Crippen LogP contribution in [-0.2, 0) is 25.9 Å². The number of rotatable bonds is 11. The van der Waals surface area contributed by atoms with Crippen LogP contribution in [0.15, 0.2) is 16.3 Å². The van der Waals surface area contributed by atoms with Gasteiger partial charge in [0.15, 0.2) is 0 Å². The van der Waals surface area contributed by atoms with Crippen LogP contribution in [0.3, 0.4) is 0 Å². The summed E-state index contributed by atoms with van der Waals surface area (Å²) < 4.78 is 37.0. The number of sulfonamides is 1. The number of nitrogens with zero attached hydrogens (tertiary/aromatic N) is 1. The van der Waals surface area contributed by atoms with Gasteiger partial charge in [-0.1, -0.05) is 0 Å². The van der Waals surface area contributed by atoms with Crippen molar-refractivity contribution in [3.63, 3.8) is 0 Å². The van der Waals surface area contributed by atoms with Crippen LogP contribution in [0.25, 0.3) is 0 Å². The van der Waals surface area contributed by atoms with Crippen LogP contribution < -0.4 is 5.32 Å². The van der Waals surface area contributed by atoms with Gasteiger partial charge < -0.3 is 14.8 Å². The van der Waals surface area contributed by atoms with E-state index in [9.17, 15) is 8.42 Å². The lowest BCUT2D eigenvalue weighted by molar-refractivity contribution is 0.150. The standard InChI is InChI=1S/C13H24N2O4S2/c1-14-7-6-12-4-5-13(20-12)21(16,17)15(8-10-18-2)9-11-19-3/h4-5,14H,6-11H2,1-3H3. The molecule has 122 valence electrons. The Labute approximate surface area is 131 Å². The highest BCUT2D eigenvalue weighted by Crippen LogP contribution is 2.25. The molecule has 6 nitrogen and oxygen atoms in total. The highest BCUT2D eigenvalue weighted by atomic mass is 32.2. The average Bonchev–Trinajstić information content (AvgIpc) is 2.94. The first kappa shape index (κ1) is 18.5. The zero-order valence-corrected chi connectivity index (χ0v) is 14.4. The fraction of sp³-hybridized carbons (Fsp3) is 0.692. The van der Waals surface area contributed by atoms with Crippen molar-refractivity contribution >= 4 is 21.4 Å². The maximum absolute atomic E-state index is 12.6. The normalized spacial score (nSPS) is 12.2. The van der Waals surface area contributed by atoms with E-state index in [-0.39, 0.29) is 0 Å². The second-order valence-corrected chi connectivity index (χ2v) is 7.80. The summed E-state index contributed by atoms with van der Waals surface area (Å²) in [6.07, 6.45) is 0.826. The van der Waals surface area contributed by atoms with Crippen LogP contribution >= 0.6 is 11.3 Å². The molecular weight excluding hydrogens is 312 g/mol. The van der Waals surface area contributed by atoms with Gasteiger partial charge in [-0.3, -0.25) is 0 Å². The van der Waals surface area contributed by atoms with Crippen molar-refractivity contribution in [1.82, 2.24) is 9.62 Å².